The average Bonchev–Trinajstić information content (AvgIpc) is 3.31. The van der Waals surface area contributed by atoms with Crippen LogP contribution in [0.1, 0.15) is 53.4 Å². The predicted molar refractivity (Wildman–Crippen MR) is 90.8 cm³/mol. The molecule has 0 unspecified atom stereocenters. The molecule has 3 heterocycles. The molecule has 1 saturated heterocycles. The normalized spacial score (nSPS) is 15.5. The average molecular weight is 347 g/mol. The molecule has 0 aromatic carbocycles. The zero-order valence-electron chi connectivity index (χ0n) is 13.7. The van der Waals surface area contributed by atoms with Gasteiger partial charge in [0.1, 0.15) is 0 Å². The first-order chi connectivity index (χ1) is 11.7. The molecule has 0 radical (unpaired) electrons. The smallest absolute Gasteiger partial charge is 0.289 e. The summed E-state index contributed by atoms with van der Waals surface area (Å²) in [5, 5.41) is 5.95. The molecule has 1 fully saturated rings. The number of aromatic nitrogens is 1. The van der Waals surface area contributed by atoms with E-state index in [9.17, 15) is 9.59 Å². The maximum absolute atomic E-state index is 12.3. The lowest BCUT2D eigenvalue weighted by molar-refractivity contribution is -0.120. The van der Waals surface area contributed by atoms with E-state index in [-0.39, 0.29) is 11.8 Å². The fourth-order valence-electron chi connectivity index (χ4n) is 2.79. The van der Waals surface area contributed by atoms with Gasteiger partial charge in [-0.1, -0.05) is 6.92 Å². The fourth-order valence-corrected chi connectivity index (χ4v) is 3.78. The van der Waals surface area contributed by atoms with E-state index in [1.807, 2.05) is 17.2 Å². The van der Waals surface area contributed by atoms with Crippen molar-refractivity contribution < 1.29 is 14.0 Å². The lowest BCUT2D eigenvalue weighted by Gasteiger charge is -2.30. The molecule has 0 bridgehead atoms. The monoisotopic (exact) mass is 347 g/mol. The first kappa shape index (κ1) is 16.7. The van der Waals surface area contributed by atoms with Crippen molar-refractivity contribution in [1.82, 2.24) is 15.2 Å². The van der Waals surface area contributed by atoms with E-state index in [4.69, 9.17) is 4.42 Å². The van der Waals surface area contributed by atoms with Gasteiger partial charge in [0, 0.05) is 30.8 Å². The maximum atomic E-state index is 12.3. The molecule has 0 spiro atoms. The Morgan fingerprint density at radius 2 is 2.21 bits per heavy atom. The topological polar surface area (TPSA) is 75.4 Å². The number of carbonyl (C=O) groups excluding carboxylic acids is 2. The van der Waals surface area contributed by atoms with Gasteiger partial charge in [-0.15, -0.1) is 11.3 Å². The third-order valence-electron chi connectivity index (χ3n) is 4.22. The summed E-state index contributed by atoms with van der Waals surface area (Å²) in [4.78, 5) is 30.1. The molecule has 2 aromatic heterocycles. The van der Waals surface area contributed by atoms with E-state index in [0.717, 1.165) is 23.5 Å². The number of carbonyl (C=O) groups is 2. The summed E-state index contributed by atoms with van der Waals surface area (Å²) in [5.74, 6) is 0.776. The van der Waals surface area contributed by atoms with Crippen LogP contribution in [-0.2, 0) is 11.3 Å². The summed E-state index contributed by atoms with van der Waals surface area (Å²) in [5.41, 5.74) is 0.908. The van der Waals surface area contributed by atoms with Crippen molar-refractivity contribution in [3.63, 3.8) is 0 Å². The Kier molecular flexibility index (Phi) is 5.30. The molecule has 24 heavy (non-hydrogen) atoms. The van der Waals surface area contributed by atoms with Crippen molar-refractivity contribution in [2.45, 2.75) is 38.6 Å². The van der Waals surface area contributed by atoms with Crippen LogP contribution < -0.4 is 5.32 Å². The highest BCUT2D eigenvalue weighted by Crippen LogP contribution is 2.30. The molecule has 7 heteroatoms. The van der Waals surface area contributed by atoms with Crippen LogP contribution in [0.4, 0.5) is 0 Å². The number of likely N-dealkylation sites (tertiary alicyclic amines) is 1. The highest BCUT2D eigenvalue weighted by Gasteiger charge is 2.27. The van der Waals surface area contributed by atoms with E-state index < -0.39 is 0 Å². The molecule has 0 atom stereocenters. The fraction of sp³-hybridized carbons (Fsp3) is 0.471. The Morgan fingerprint density at radius 3 is 2.88 bits per heavy atom. The minimum absolute atomic E-state index is 0.0364. The van der Waals surface area contributed by atoms with Gasteiger partial charge in [-0.2, -0.15) is 0 Å². The molecule has 0 saturated carbocycles. The van der Waals surface area contributed by atoms with Crippen molar-refractivity contribution in [3.8, 4) is 0 Å². The quantitative estimate of drug-likeness (QED) is 0.902. The van der Waals surface area contributed by atoms with Crippen LogP contribution in [0.3, 0.4) is 0 Å². The molecule has 3 rings (SSSR count). The molecular weight excluding hydrogens is 326 g/mol. The zero-order chi connectivity index (χ0) is 16.9. The largest absolute Gasteiger partial charge is 0.459 e. The molecule has 1 aliphatic heterocycles. The lowest BCUT2D eigenvalue weighted by atomic mass is 9.97. The Balaban J connectivity index is 1.52. The lowest BCUT2D eigenvalue weighted by Crippen LogP contribution is -2.37. The summed E-state index contributed by atoms with van der Waals surface area (Å²) in [6, 6.07) is 3.43. The van der Waals surface area contributed by atoms with Crippen molar-refractivity contribution in [2.75, 3.05) is 13.1 Å². The Hall–Kier alpha value is -2.15. The third-order valence-corrected chi connectivity index (χ3v) is 5.28. The van der Waals surface area contributed by atoms with E-state index in [1.165, 1.54) is 6.26 Å². The van der Waals surface area contributed by atoms with E-state index in [0.29, 0.717) is 37.7 Å². The predicted octanol–water partition coefficient (Wildman–Crippen LogP) is 2.78. The standard InChI is InChI=1S/C17H21N3O3S/c1-2-15(21)18-10-13-11-24-16(19-13)12-5-7-20(8-6-12)17(22)14-4-3-9-23-14/h3-4,9,11-12H,2,5-8,10H2,1H3,(H,18,21). The van der Waals surface area contributed by atoms with Gasteiger partial charge >= 0.3 is 0 Å². The van der Waals surface area contributed by atoms with Gasteiger partial charge in [-0.05, 0) is 25.0 Å². The minimum Gasteiger partial charge on any atom is -0.459 e. The van der Waals surface area contributed by atoms with Crippen molar-refractivity contribution in [2.24, 2.45) is 0 Å². The highest BCUT2D eigenvalue weighted by atomic mass is 32.1. The molecular formula is C17H21N3O3S. The number of nitrogens with zero attached hydrogens (tertiary/aromatic N) is 2. The van der Waals surface area contributed by atoms with E-state index in [1.54, 1.807) is 23.5 Å². The van der Waals surface area contributed by atoms with Crippen molar-refractivity contribution in [3.05, 3.63) is 40.2 Å². The molecule has 6 nitrogen and oxygen atoms in total. The van der Waals surface area contributed by atoms with Gasteiger partial charge in [0.25, 0.3) is 5.91 Å². The third kappa shape index (κ3) is 3.84. The summed E-state index contributed by atoms with van der Waals surface area (Å²) < 4.78 is 5.18. The van der Waals surface area contributed by atoms with Crippen LogP contribution in [0.5, 0.6) is 0 Å². The second-order valence-electron chi connectivity index (χ2n) is 5.85. The number of thiazole rings is 1. The Labute approximate surface area is 144 Å². The number of hydrogen-bond acceptors (Lipinski definition) is 5. The second kappa shape index (κ2) is 7.61. The van der Waals surface area contributed by atoms with Gasteiger partial charge in [0.15, 0.2) is 5.76 Å². The van der Waals surface area contributed by atoms with Crippen LogP contribution in [0.15, 0.2) is 28.2 Å². The van der Waals surface area contributed by atoms with Gasteiger partial charge < -0.3 is 14.6 Å². The molecule has 2 amide bonds. The zero-order valence-corrected chi connectivity index (χ0v) is 14.5. The Morgan fingerprint density at radius 1 is 1.42 bits per heavy atom. The van der Waals surface area contributed by atoms with Gasteiger partial charge in [-0.25, -0.2) is 4.98 Å². The number of hydrogen-bond donors (Lipinski definition) is 1. The number of nitrogens with one attached hydrogen (secondary N) is 1. The SMILES string of the molecule is CCC(=O)NCc1csc(C2CCN(C(=O)c3ccco3)CC2)n1. The number of rotatable bonds is 5. The van der Waals surface area contributed by atoms with Gasteiger partial charge in [0.05, 0.1) is 23.5 Å². The van der Waals surface area contributed by atoms with E-state index >= 15 is 0 Å². The first-order valence-electron chi connectivity index (χ1n) is 8.21. The second-order valence-corrected chi connectivity index (χ2v) is 6.74. The molecule has 1 aliphatic rings. The number of amides is 2. The molecule has 1 N–H and O–H groups in total. The molecule has 2 aromatic rings. The van der Waals surface area contributed by atoms with Crippen molar-refractivity contribution in [1.29, 1.82) is 0 Å². The Bertz CT molecular complexity index is 688. The highest BCUT2D eigenvalue weighted by molar-refractivity contribution is 7.09. The van der Waals surface area contributed by atoms with E-state index in [2.05, 4.69) is 10.3 Å². The molecule has 0 aliphatic carbocycles. The number of furan rings is 1. The summed E-state index contributed by atoms with van der Waals surface area (Å²) in [7, 11) is 0. The summed E-state index contributed by atoms with van der Waals surface area (Å²) >= 11 is 1.64. The van der Waals surface area contributed by atoms with Crippen LogP contribution in [0, 0.1) is 0 Å². The van der Waals surface area contributed by atoms with Crippen LogP contribution in [0.2, 0.25) is 0 Å². The first-order valence-corrected chi connectivity index (χ1v) is 9.09. The number of piperidine rings is 1. The van der Waals surface area contributed by atoms with Crippen LogP contribution >= 0.6 is 11.3 Å². The van der Waals surface area contributed by atoms with Crippen LogP contribution in [0.25, 0.3) is 0 Å². The van der Waals surface area contributed by atoms with Gasteiger partial charge in [0.2, 0.25) is 5.91 Å². The maximum Gasteiger partial charge on any atom is 0.289 e. The van der Waals surface area contributed by atoms with Gasteiger partial charge in [-0.3, -0.25) is 9.59 Å². The summed E-state index contributed by atoms with van der Waals surface area (Å²) in [6.07, 6.45) is 3.81. The summed E-state index contributed by atoms with van der Waals surface area (Å²) in [6.45, 7) is 3.75. The minimum atomic E-state index is -0.0412. The van der Waals surface area contributed by atoms with Crippen LogP contribution in [-0.4, -0.2) is 34.8 Å². The molecule has 128 valence electrons. The van der Waals surface area contributed by atoms with Crippen molar-refractivity contribution >= 4 is 23.2 Å².